The highest BCUT2D eigenvalue weighted by atomic mass is 16.4. The summed E-state index contributed by atoms with van der Waals surface area (Å²) in [4.78, 5) is 23.0. The van der Waals surface area contributed by atoms with Crippen LogP contribution in [0, 0.1) is 17.3 Å². The predicted molar refractivity (Wildman–Crippen MR) is 85.3 cm³/mol. The fourth-order valence-corrected chi connectivity index (χ4v) is 2.31. The third-order valence-corrected chi connectivity index (χ3v) is 3.55. The molecule has 0 aliphatic heterocycles. The maximum Gasteiger partial charge on any atom is 0.315 e. The van der Waals surface area contributed by atoms with Gasteiger partial charge in [-0.25, -0.2) is 4.79 Å². The van der Waals surface area contributed by atoms with Gasteiger partial charge in [0.15, 0.2) is 0 Å². The molecule has 21 heavy (non-hydrogen) atoms. The quantitative estimate of drug-likeness (QED) is 0.644. The molecule has 0 aliphatic carbocycles. The molecule has 0 fully saturated rings. The Balaban J connectivity index is 4.22. The summed E-state index contributed by atoms with van der Waals surface area (Å²) in [6.45, 7) is 12.4. The number of rotatable bonds is 8. The Morgan fingerprint density at radius 1 is 1.19 bits per heavy atom. The molecule has 0 aliphatic rings. The van der Waals surface area contributed by atoms with Crippen molar-refractivity contribution >= 4 is 12.0 Å². The Labute approximate surface area is 128 Å². The van der Waals surface area contributed by atoms with Gasteiger partial charge in [-0.15, -0.1) is 0 Å². The molecule has 0 aromatic heterocycles. The summed E-state index contributed by atoms with van der Waals surface area (Å²) < 4.78 is 0. The lowest BCUT2D eigenvalue weighted by Crippen LogP contribution is -2.44. The first-order chi connectivity index (χ1) is 9.55. The molecule has 2 amide bonds. The molecule has 0 radical (unpaired) electrons. The summed E-state index contributed by atoms with van der Waals surface area (Å²) in [5.41, 5.74) is -0.0783. The lowest BCUT2D eigenvalue weighted by atomic mass is 9.84. The van der Waals surface area contributed by atoms with Crippen molar-refractivity contribution < 1.29 is 14.7 Å². The Kier molecular flexibility index (Phi) is 8.37. The number of aliphatic carboxylic acids is 1. The highest BCUT2D eigenvalue weighted by Crippen LogP contribution is 2.24. The second kappa shape index (κ2) is 8.90. The second-order valence-electron chi connectivity index (χ2n) is 7.30. The zero-order valence-electron chi connectivity index (χ0n) is 14.3. The second-order valence-corrected chi connectivity index (χ2v) is 7.30. The van der Waals surface area contributed by atoms with Crippen LogP contribution in [0.2, 0.25) is 0 Å². The third-order valence-electron chi connectivity index (χ3n) is 3.55. The van der Waals surface area contributed by atoms with Crippen LogP contribution in [0.4, 0.5) is 4.79 Å². The van der Waals surface area contributed by atoms with Crippen LogP contribution in [0.25, 0.3) is 0 Å². The maximum atomic E-state index is 11.8. The van der Waals surface area contributed by atoms with Crippen LogP contribution in [-0.4, -0.2) is 29.7 Å². The molecule has 3 N–H and O–H groups in total. The van der Waals surface area contributed by atoms with E-state index in [0.717, 1.165) is 12.8 Å². The fourth-order valence-electron chi connectivity index (χ4n) is 2.31. The topological polar surface area (TPSA) is 78.4 Å². The minimum atomic E-state index is -0.863. The number of carbonyl (C=O) groups is 2. The average Bonchev–Trinajstić information content (AvgIpc) is 2.32. The van der Waals surface area contributed by atoms with Gasteiger partial charge in [0.25, 0.3) is 0 Å². The van der Waals surface area contributed by atoms with E-state index in [1.807, 2.05) is 27.7 Å². The van der Waals surface area contributed by atoms with Gasteiger partial charge < -0.3 is 15.7 Å². The summed E-state index contributed by atoms with van der Waals surface area (Å²) in [7, 11) is 0. The Morgan fingerprint density at radius 3 is 2.19 bits per heavy atom. The number of carboxylic acids is 1. The SMILES string of the molecule is CCC(C)CC(C)NC(=O)NCC(CC(C)(C)C)C(=O)O. The third kappa shape index (κ3) is 10.2. The van der Waals surface area contributed by atoms with Crippen LogP contribution in [-0.2, 0) is 4.79 Å². The highest BCUT2D eigenvalue weighted by molar-refractivity contribution is 5.76. The van der Waals surface area contributed by atoms with Gasteiger partial charge in [-0.05, 0) is 31.1 Å². The van der Waals surface area contributed by atoms with E-state index in [1.165, 1.54) is 0 Å². The Morgan fingerprint density at radius 2 is 1.76 bits per heavy atom. The Bertz CT molecular complexity index is 337. The largest absolute Gasteiger partial charge is 0.481 e. The lowest BCUT2D eigenvalue weighted by molar-refractivity contribution is -0.142. The summed E-state index contributed by atoms with van der Waals surface area (Å²) in [5, 5.41) is 14.7. The summed E-state index contributed by atoms with van der Waals surface area (Å²) in [6, 6.07) is -0.197. The average molecular weight is 300 g/mol. The molecular weight excluding hydrogens is 268 g/mol. The Hall–Kier alpha value is -1.26. The molecule has 0 saturated heterocycles. The van der Waals surface area contributed by atoms with Gasteiger partial charge in [0.05, 0.1) is 5.92 Å². The van der Waals surface area contributed by atoms with E-state index in [-0.39, 0.29) is 24.0 Å². The lowest BCUT2D eigenvalue weighted by Gasteiger charge is -2.24. The van der Waals surface area contributed by atoms with Crippen LogP contribution in [0.1, 0.15) is 60.8 Å². The summed E-state index contributed by atoms with van der Waals surface area (Å²) in [5.74, 6) is -0.855. The smallest absolute Gasteiger partial charge is 0.315 e. The fraction of sp³-hybridized carbons (Fsp3) is 0.875. The first-order valence-electron chi connectivity index (χ1n) is 7.82. The van der Waals surface area contributed by atoms with Gasteiger partial charge >= 0.3 is 12.0 Å². The van der Waals surface area contributed by atoms with Crippen LogP contribution in [0.3, 0.4) is 0 Å². The van der Waals surface area contributed by atoms with Crippen LogP contribution in [0.5, 0.6) is 0 Å². The van der Waals surface area contributed by atoms with Crippen molar-refractivity contribution in [2.75, 3.05) is 6.54 Å². The molecule has 0 bridgehead atoms. The zero-order chi connectivity index (χ0) is 16.6. The van der Waals surface area contributed by atoms with Crippen molar-refractivity contribution in [3.63, 3.8) is 0 Å². The number of nitrogens with one attached hydrogen (secondary N) is 2. The van der Waals surface area contributed by atoms with E-state index < -0.39 is 11.9 Å². The van der Waals surface area contributed by atoms with Gasteiger partial charge in [0, 0.05) is 12.6 Å². The molecule has 124 valence electrons. The van der Waals surface area contributed by atoms with Gasteiger partial charge in [-0.3, -0.25) is 4.79 Å². The molecule has 0 heterocycles. The molecule has 0 spiro atoms. The van der Waals surface area contributed by atoms with Gasteiger partial charge in [-0.1, -0.05) is 41.0 Å². The first-order valence-corrected chi connectivity index (χ1v) is 7.82. The number of urea groups is 1. The predicted octanol–water partition coefficient (Wildman–Crippen LogP) is 3.25. The first kappa shape index (κ1) is 19.7. The minimum Gasteiger partial charge on any atom is -0.481 e. The van der Waals surface area contributed by atoms with Crippen molar-refractivity contribution in [2.24, 2.45) is 17.3 Å². The van der Waals surface area contributed by atoms with E-state index in [4.69, 9.17) is 0 Å². The van der Waals surface area contributed by atoms with Crippen molar-refractivity contribution in [1.82, 2.24) is 10.6 Å². The van der Waals surface area contributed by atoms with Crippen molar-refractivity contribution in [2.45, 2.75) is 66.8 Å². The van der Waals surface area contributed by atoms with Gasteiger partial charge in [0.1, 0.15) is 0 Å². The number of carboxylic acid groups (broad SMARTS) is 1. The number of amides is 2. The molecule has 3 unspecified atom stereocenters. The molecule has 0 aromatic carbocycles. The van der Waals surface area contributed by atoms with E-state index >= 15 is 0 Å². The monoisotopic (exact) mass is 300 g/mol. The standard InChI is InChI=1S/C16H32N2O3/c1-7-11(2)8-12(3)18-15(21)17-10-13(14(19)20)9-16(4,5)6/h11-13H,7-10H2,1-6H3,(H,19,20)(H2,17,18,21). The van der Waals surface area contributed by atoms with Gasteiger partial charge in [0.2, 0.25) is 0 Å². The number of hydrogen-bond donors (Lipinski definition) is 3. The summed E-state index contributed by atoms with van der Waals surface area (Å²) in [6.07, 6.45) is 2.54. The van der Waals surface area contributed by atoms with E-state index in [2.05, 4.69) is 24.5 Å². The van der Waals surface area contributed by atoms with E-state index in [1.54, 1.807) is 0 Å². The summed E-state index contributed by atoms with van der Waals surface area (Å²) >= 11 is 0. The van der Waals surface area contributed by atoms with Crippen LogP contribution in [0.15, 0.2) is 0 Å². The normalized spacial score (nSPS) is 15.9. The highest BCUT2D eigenvalue weighted by Gasteiger charge is 2.25. The molecule has 0 saturated carbocycles. The van der Waals surface area contributed by atoms with Crippen molar-refractivity contribution in [3.05, 3.63) is 0 Å². The molecule has 0 aromatic rings. The van der Waals surface area contributed by atoms with Crippen LogP contribution >= 0.6 is 0 Å². The molecule has 5 heteroatoms. The zero-order valence-corrected chi connectivity index (χ0v) is 14.3. The van der Waals surface area contributed by atoms with Crippen molar-refractivity contribution in [1.29, 1.82) is 0 Å². The van der Waals surface area contributed by atoms with Crippen LogP contribution < -0.4 is 10.6 Å². The molecule has 3 atom stereocenters. The van der Waals surface area contributed by atoms with E-state index in [9.17, 15) is 14.7 Å². The minimum absolute atomic E-state index is 0.0783. The molecule has 5 nitrogen and oxygen atoms in total. The maximum absolute atomic E-state index is 11.8. The van der Waals surface area contributed by atoms with E-state index in [0.29, 0.717) is 12.3 Å². The van der Waals surface area contributed by atoms with Gasteiger partial charge in [-0.2, -0.15) is 0 Å². The molecular formula is C16H32N2O3. The number of carbonyl (C=O) groups excluding carboxylic acids is 1. The number of hydrogen-bond acceptors (Lipinski definition) is 2. The van der Waals surface area contributed by atoms with Crippen molar-refractivity contribution in [3.8, 4) is 0 Å². The molecule has 0 rings (SSSR count).